The lowest BCUT2D eigenvalue weighted by molar-refractivity contribution is -0.153. The smallest absolute Gasteiger partial charge is 0.224 e. The van der Waals surface area contributed by atoms with Crippen molar-refractivity contribution in [2.24, 2.45) is 5.73 Å². The second-order valence-electron chi connectivity index (χ2n) is 4.14. The van der Waals surface area contributed by atoms with E-state index in [2.05, 4.69) is 0 Å². The summed E-state index contributed by atoms with van der Waals surface area (Å²) in [5.41, 5.74) is 5.42. The van der Waals surface area contributed by atoms with Gasteiger partial charge in [-0.15, -0.1) is 0 Å². The highest BCUT2D eigenvalue weighted by atomic mass is 32.2. The third-order valence-electron chi connectivity index (χ3n) is 2.42. The molecule has 1 aromatic carbocycles. The van der Waals surface area contributed by atoms with E-state index in [0.29, 0.717) is 5.56 Å². The minimum Gasteiger partial charge on any atom is -0.496 e. The molecule has 0 heterocycles. The second-order valence-corrected chi connectivity index (χ2v) is 6.13. The van der Waals surface area contributed by atoms with Crippen LogP contribution in [0.15, 0.2) is 17.0 Å². The van der Waals surface area contributed by atoms with Crippen molar-refractivity contribution >= 4 is 9.84 Å². The zero-order valence-corrected chi connectivity index (χ0v) is 11.7. The first-order valence-corrected chi connectivity index (χ1v) is 7.16. The van der Waals surface area contributed by atoms with Gasteiger partial charge in [-0.05, 0) is 6.07 Å². The van der Waals surface area contributed by atoms with E-state index >= 15 is 0 Å². The van der Waals surface area contributed by atoms with Crippen LogP contribution < -0.4 is 15.2 Å². The molecule has 7 nitrogen and oxygen atoms in total. The van der Waals surface area contributed by atoms with Gasteiger partial charge in [0.15, 0.2) is 9.84 Å². The number of benzene rings is 1. The van der Waals surface area contributed by atoms with E-state index in [9.17, 15) is 18.6 Å². The monoisotopic (exact) mass is 291 g/mol. The first-order chi connectivity index (χ1) is 8.58. The van der Waals surface area contributed by atoms with E-state index in [1.165, 1.54) is 26.4 Å². The van der Waals surface area contributed by atoms with E-state index in [4.69, 9.17) is 15.2 Å². The predicted octanol–water partition coefficient (Wildman–Crippen LogP) is -0.753. The number of rotatable bonds is 5. The number of hydrogen-bond donors (Lipinski definition) is 3. The van der Waals surface area contributed by atoms with Gasteiger partial charge in [0.1, 0.15) is 16.4 Å². The van der Waals surface area contributed by atoms with Crippen LogP contribution in [0.5, 0.6) is 11.5 Å². The number of hydrogen-bond acceptors (Lipinski definition) is 7. The molecule has 0 aliphatic rings. The summed E-state index contributed by atoms with van der Waals surface area (Å²) in [4.78, 5) is -0.0471. The lowest BCUT2D eigenvalue weighted by Gasteiger charge is -2.19. The first kappa shape index (κ1) is 15.7. The highest BCUT2D eigenvalue weighted by Gasteiger charge is 2.24. The molecule has 0 aliphatic heterocycles. The van der Waals surface area contributed by atoms with E-state index < -0.39 is 15.7 Å². The molecule has 1 aromatic rings. The summed E-state index contributed by atoms with van der Waals surface area (Å²) in [7, 11) is -0.849. The summed E-state index contributed by atoms with van der Waals surface area (Å²) in [6.07, 6.45) is 0.700. The summed E-state index contributed by atoms with van der Waals surface area (Å²) in [5, 5.41) is 18.4. The first-order valence-electron chi connectivity index (χ1n) is 5.27. The van der Waals surface area contributed by atoms with Crippen LogP contribution in [-0.4, -0.2) is 45.0 Å². The normalized spacial score (nSPS) is 12.3. The lowest BCUT2D eigenvalue weighted by Crippen LogP contribution is -2.41. The van der Waals surface area contributed by atoms with Gasteiger partial charge in [0.05, 0.1) is 14.2 Å². The summed E-state index contributed by atoms with van der Waals surface area (Å²) in [6, 6.07) is 2.61. The average Bonchev–Trinajstić information content (AvgIpc) is 2.24. The number of sulfone groups is 1. The van der Waals surface area contributed by atoms with Gasteiger partial charge in [-0.25, -0.2) is 8.42 Å². The fraction of sp³-hybridized carbons (Fsp3) is 0.455. The molecule has 0 spiro atoms. The molecule has 0 atom stereocenters. The quantitative estimate of drug-likeness (QED) is 0.610. The average molecular weight is 291 g/mol. The van der Waals surface area contributed by atoms with Crippen molar-refractivity contribution in [2.75, 3.05) is 20.5 Å². The lowest BCUT2D eigenvalue weighted by atomic mass is 10.1. The SMILES string of the molecule is COc1cc(S(C)(=O)=O)c(OC)cc1CC(N)(O)O. The molecule has 0 unspecified atom stereocenters. The van der Waals surface area contributed by atoms with Crippen LogP contribution in [-0.2, 0) is 16.3 Å². The molecule has 0 fully saturated rings. The Morgan fingerprint density at radius 3 is 2.11 bits per heavy atom. The Morgan fingerprint density at radius 1 is 1.21 bits per heavy atom. The molecule has 0 radical (unpaired) electrons. The number of methoxy groups -OCH3 is 2. The van der Waals surface area contributed by atoms with Crippen LogP contribution in [0.25, 0.3) is 0 Å². The van der Waals surface area contributed by atoms with E-state index in [1.807, 2.05) is 0 Å². The van der Waals surface area contributed by atoms with E-state index in [1.54, 1.807) is 0 Å². The Balaban J connectivity index is 3.44. The van der Waals surface area contributed by atoms with E-state index in [0.717, 1.165) is 6.26 Å². The zero-order valence-electron chi connectivity index (χ0n) is 10.9. The van der Waals surface area contributed by atoms with Gasteiger partial charge in [0.2, 0.25) is 5.91 Å². The summed E-state index contributed by atoms with van der Waals surface area (Å²) < 4.78 is 33.3. The second kappa shape index (κ2) is 5.33. The molecule has 0 saturated heterocycles. The fourth-order valence-corrected chi connectivity index (χ4v) is 2.47. The Kier molecular flexibility index (Phi) is 4.41. The van der Waals surface area contributed by atoms with Crippen molar-refractivity contribution in [1.29, 1.82) is 0 Å². The fourth-order valence-electron chi connectivity index (χ4n) is 1.64. The Hall–Kier alpha value is -1.35. The van der Waals surface area contributed by atoms with E-state index in [-0.39, 0.29) is 22.8 Å². The Morgan fingerprint density at radius 2 is 1.74 bits per heavy atom. The molecule has 0 amide bonds. The standard InChI is InChI=1S/C11H17NO6S/c1-17-8-5-10(19(3,15)16)9(18-2)4-7(8)6-11(12,13)14/h4-5,13-14H,6,12H2,1-3H3. The van der Waals surface area contributed by atoms with Crippen molar-refractivity contribution < 1.29 is 28.1 Å². The van der Waals surface area contributed by atoms with Gasteiger partial charge in [-0.1, -0.05) is 0 Å². The number of ether oxygens (including phenoxy) is 2. The van der Waals surface area contributed by atoms with Gasteiger partial charge in [0, 0.05) is 24.3 Å². The van der Waals surface area contributed by atoms with Crippen molar-refractivity contribution in [3.63, 3.8) is 0 Å². The molecule has 0 aromatic heterocycles. The topological polar surface area (TPSA) is 119 Å². The van der Waals surface area contributed by atoms with Crippen LogP contribution in [0.2, 0.25) is 0 Å². The molecular weight excluding hydrogens is 274 g/mol. The zero-order chi connectivity index (χ0) is 14.8. The molecular formula is C11H17NO6S. The van der Waals surface area contributed by atoms with Crippen LogP contribution in [0.3, 0.4) is 0 Å². The third kappa shape index (κ3) is 4.06. The van der Waals surface area contributed by atoms with Crippen molar-refractivity contribution in [3.05, 3.63) is 17.7 Å². The van der Waals surface area contributed by atoms with Crippen molar-refractivity contribution in [3.8, 4) is 11.5 Å². The highest BCUT2D eigenvalue weighted by molar-refractivity contribution is 7.90. The summed E-state index contributed by atoms with van der Waals surface area (Å²) >= 11 is 0. The number of nitrogens with two attached hydrogens (primary N) is 1. The molecule has 1 rings (SSSR count). The van der Waals surface area contributed by atoms with Crippen LogP contribution in [0, 0.1) is 0 Å². The molecule has 0 bridgehead atoms. The van der Waals surface area contributed by atoms with Gasteiger partial charge in [-0.3, -0.25) is 5.73 Å². The molecule has 8 heteroatoms. The van der Waals surface area contributed by atoms with Gasteiger partial charge >= 0.3 is 0 Å². The van der Waals surface area contributed by atoms with Crippen LogP contribution in [0.1, 0.15) is 5.56 Å². The molecule has 4 N–H and O–H groups in total. The molecule has 0 aliphatic carbocycles. The maximum absolute atomic E-state index is 11.6. The van der Waals surface area contributed by atoms with Crippen molar-refractivity contribution in [2.45, 2.75) is 17.2 Å². The number of aliphatic hydroxyl groups is 2. The highest BCUT2D eigenvalue weighted by Crippen LogP contribution is 2.33. The van der Waals surface area contributed by atoms with Gasteiger partial charge < -0.3 is 19.7 Å². The maximum Gasteiger partial charge on any atom is 0.224 e. The largest absolute Gasteiger partial charge is 0.496 e. The molecule has 108 valence electrons. The molecule has 0 saturated carbocycles. The Labute approximate surface area is 111 Å². The summed E-state index contributed by atoms with van der Waals surface area (Å²) in [6.45, 7) is 0. The molecule has 19 heavy (non-hydrogen) atoms. The van der Waals surface area contributed by atoms with Crippen LogP contribution in [0.4, 0.5) is 0 Å². The van der Waals surface area contributed by atoms with Crippen molar-refractivity contribution in [1.82, 2.24) is 0 Å². The minimum atomic E-state index is -3.50. The van der Waals surface area contributed by atoms with Crippen LogP contribution >= 0.6 is 0 Å². The Bertz CT molecular complexity index is 561. The predicted molar refractivity (Wildman–Crippen MR) is 67.7 cm³/mol. The van der Waals surface area contributed by atoms with Gasteiger partial charge in [0.25, 0.3) is 0 Å². The third-order valence-corrected chi connectivity index (χ3v) is 3.53. The summed E-state index contributed by atoms with van der Waals surface area (Å²) in [5.74, 6) is -2.16. The minimum absolute atomic E-state index is 0.0471. The van der Waals surface area contributed by atoms with Gasteiger partial charge in [-0.2, -0.15) is 0 Å². The maximum atomic E-state index is 11.6.